The fourth-order valence-electron chi connectivity index (χ4n) is 3.98. The molecule has 3 aromatic rings. The van der Waals surface area contributed by atoms with Crippen molar-refractivity contribution in [3.05, 3.63) is 81.5 Å². The van der Waals surface area contributed by atoms with E-state index < -0.39 is 17.6 Å². The van der Waals surface area contributed by atoms with Crippen LogP contribution in [0.25, 0.3) is 0 Å². The number of benzene rings is 2. The van der Waals surface area contributed by atoms with E-state index in [1.54, 1.807) is 25.2 Å². The van der Waals surface area contributed by atoms with Gasteiger partial charge in [-0.1, -0.05) is 25.1 Å². The average molecular weight is 549 g/mol. The van der Waals surface area contributed by atoms with Gasteiger partial charge < -0.3 is 19.3 Å². The minimum Gasteiger partial charge on any atom is -0.493 e. The fourth-order valence-corrected chi connectivity index (χ4v) is 4.70. The lowest BCUT2D eigenvalue weighted by Crippen LogP contribution is -2.43. The van der Waals surface area contributed by atoms with Gasteiger partial charge in [0.25, 0.3) is 5.91 Å². The highest BCUT2D eigenvalue weighted by Gasteiger charge is 2.31. The van der Waals surface area contributed by atoms with Gasteiger partial charge in [0.1, 0.15) is 6.54 Å². The van der Waals surface area contributed by atoms with Crippen LogP contribution in [0.15, 0.2) is 60.0 Å². The molecule has 0 spiro atoms. The molecule has 0 saturated heterocycles. The molecule has 0 aliphatic rings. The zero-order chi connectivity index (χ0) is 27.7. The maximum Gasteiger partial charge on any atom is 0.416 e. The summed E-state index contributed by atoms with van der Waals surface area (Å²) in [6.45, 7) is 2.59. The van der Waals surface area contributed by atoms with Crippen LogP contribution in [0.1, 0.15) is 39.7 Å². The molecule has 0 bridgehead atoms. The van der Waals surface area contributed by atoms with Crippen molar-refractivity contribution in [2.75, 3.05) is 33.9 Å². The average Bonchev–Trinajstić information content (AvgIpc) is 3.43. The lowest BCUT2D eigenvalue weighted by Gasteiger charge is -2.28. The molecule has 0 N–H and O–H groups in total. The molecule has 1 aromatic heterocycles. The molecular weight excluding hydrogens is 517 g/mol. The van der Waals surface area contributed by atoms with Gasteiger partial charge in [-0.3, -0.25) is 9.59 Å². The molecule has 38 heavy (non-hydrogen) atoms. The van der Waals surface area contributed by atoms with Crippen LogP contribution in [-0.4, -0.2) is 55.5 Å². The van der Waals surface area contributed by atoms with E-state index in [4.69, 9.17) is 9.47 Å². The van der Waals surface area contributed by atoms with Crippen LogP contribution in [0.5, 0.6) is 11.5 Å². The summed E-state index contributed by atoms with van der Waals surface area (Å²) in [4.78, 5) is 30.6. The van der Waals surface area contributed by atoms with E-state index in [9.17, 15) is 22.8 Å². The second-order valence-electron chi connectivity index (χ2n) is 8.64. The van der Waals surface area contributed by atoms with Crippen LogP contribution in [0.3, 0.4) is 0 Å². The number of methoxy groups -OCH3 is 2. The summed E-state index contributed by atoms with van der Waals surface area (Å²) in [7, 11) is 3.11. The van der Waals surface area contributed by atoms with Crippen molar-refractivity contribution in [1.82, 2.24) is 9.80 Å². The second kappa shape index (κ2) is 13.3. The molecule has 204 valence electrons. The predicted octanol–water partition coefficient (Wildman–Crippen LogP) is 5.91. The minimum absolute atomic E-state index is 0.101. The van der Waals surface area contributed by atoms with Gasteiger partial charge in [-0.25, -0.2) is 0 Å². The Labute approximate surface area is 224 Å². The van der Waals surface area contributed by atoms with Crippen LogP contribution in [0.4, 0.5) is 13.2 Å². The summed E-state index contributed by atoms with van der Waals surface area (Å²) in [5, 5.41) is 1.92. The normalized spacial score (nSPS) is 11.2. The summed E-state index contributed by atoms with van der Waals surface area (Å²) < 4.78 is 50.2. The molecule has 0 aliphatic carbocycles. The molecule has 6 nitrogen and oxygen atoms in total. The number of halogens is 3. The summed E-state index contributed by atoms with van der Waals surface area (Å²) in [6.07, 6.45) is -3.48. The minimum atomic E-state index is -4.57. The molecule has 0 unspecified atom stereocenters. The third-order valence-electron chi connectivity index (χ3n) is 5.94. The van der Waals surface area contributed by atoms with E-state index in [0.29, 0.717) is 37.4 Å². The lowest BCUT2D eigenvalue weighted by molar-refractivity contribution is -0.137. The molecule has 2 amide bonds. The molecule has 0 saturated carbocycles. The Morgan fingerprint density at radius 2 is 1.68 bits per heavy atom. The Kier molecular flexibility index (Phi) is 10.2. The van der Waals surface area contributed by atoms with E-state index in [-0.39, 0.29) is 24.6 Å². The number of alkyl halides is 3. The largest absolute Gasteiger partial charge is 0.493 e. The Balaban J connectivity index is 1.78. The number of hydrogen-bond acceptors (Lipinski definition) is 5. The topological polar surface area (TPSA) is 59.1 Å². The van der Waals surface area contributed by atoms with Gasteiger partial charge in [-0.2, -0.15) is 13.2 Å². The van der Waals surface area contributed by atoms with Gasteiger partial charge in [-0.05, 0) is 60.2 Å². The van der Waals surface area contributed by atoms with E-state index in [1.165, 1.54) is 28.4 Å². The molecule has 2 aromatic carbocycles. The zero-order valence-corrected chi connectivity index (χ0v) is 22.4. The van der Waals surface area contributed by atoms with Crippen molar-refractivity contribution < 1.29 is 32.2 Å². The second-order valence-corrected chi connectivity index (χ2v) is 9.67. The molecule has 1 heterocycles. The molecule has 0 fully saturated rings. The molecular formula is C28H31F3N2O4S. The van der Waals surface area contributed by atoms with Crippen molar-refractivity contribution >= 4 is 23.2 Å². The van der Waals surface area contributed by atoms with E-state index in [0.717, 1.165) is 22.6 Å². The number of carbonyl (C=O) groups excluding carboxylic acids is 2. The van der Waals surface area contributed by atoms with E-state index in [1.807, 2.05) is 36.6 Å². The summed E-state index contributed by atoms with van der Waals surface area (Å²) in [5.74, 6) is 0.294. The highest BCUT2D eigenvalue weighted by atomic mass is 32.1. The Hall–Kier alpha value is -3.53. The third-order valence-corrected chi connectivity index (χ3v) is 6.80. The Morgan fingerprint density at radius 1 is 0.921 bits per heavy atom. The van der Waals surface area contributed by atoms with Gasteiger partial charge in [-0.15, -0.1) is 11.3 Å². The molecule has 0 atom stereocenters. The fraction of sp³-hybridized carbons (Fsp3) is 0.357. The van der Waals surface area contributed by atoms with Crippen molar-refractivity contribution in [2.24, 2.45) is 0 Å². The molecule has 0 aliphatic heterocycles. The molecule has 0 radical (unpaired) electrons. The van der Waals surface area contributed by atoms with Gasteiger partial charge in [0.2, 0.25) is 5.91 Å². The first-order valence-corrected chi connectivity index (χ1v) is 13.0. The lowest BCUT2D eigenvalue weighted by atomic mass is 10.1. The summed E-state index contributed by atoms with van der Waals surface area (Å²) >= 11 is 1.52. The molecule has 3 rings (SSSR count). The number of thiophene rings is 1. The van der Waals surface area contributed by atoms with Crippen LogP contribution >= 0.6 is 11.3 Å². The number of nitrogens with zero attached hydrogens (tertiary/aromatic N) is 2. The number of rotatable bonds is 12. The predicted molar refractivity (Wildman–Crippen MR) is 141 cm³/mol. The van der Waals surface area contributed by atoms with Crippen molar-refractivity contribution in [2.45, 2.75) is 32.5 Å². The van der Waals surface area contributed by atoms with Gasteiger partial charge in [0, 0.05) is 23.5 Å². The van der Waals surface area contributed by atoms with Crippen LogP contribution in [-0.2, 0) is 23.9 Å². The van der Waals surface area contributed by atoms with Crippen LogP contribution in [0.2, 0.25) is 0 Å². The maximum absolute atomic E-state index is 13.5. The number of amides is 2. The first-order chi connectivity index (χ1) is 18.2. The summed E-state index contributed by atoms with van der Waals surface area (Å²) in [5.41, 5.74) is -0.0614. The summed E-state index contributed by atoms with van der Waals surface area (Å²) in [6, 6.07) is 13.7. The van der Waals surface area contributed by atoms with E-state index >= 15 is 0 Å². The SMILES string of the molecule is CCCN(CC(=O)N(CCc1ccc(OC)c(OC)c1)Cc1cccs1)C(=O)c1cccc(C(F)(F)F)c1. The Morgan fingerprint density at radius 3 is 2.32 bits per heavy atom. The van der Waals surface area contributed by atoms with E-state index in [2.05, 4.69) is 0 Å². The quantitative estimate of drug-likeness (QED) is 0.283. The number of carbonyl (C=O) groups is 2. The van der Waals surface area contributed by atoms with Crippen molar-refractivity contribution in [3.63, 3.8) is 0 Å². The first-order valence-electron chi connectivity index (χ1n) is 12.1. The smallest absolute Gasteiger partial charge is 0.416 e. The number of ether oxygens (including phenoxy) is 2. The highest BCUT2D eigenvalue weighted by Crippen LogP contribution is 2.30. The monoisotopic (exact) mass is 548 g/mol. The van der Waals surface area contributed by atoms with Gasteiger partial charge in [0.05, 0.1) is 26.3 Å². The molecule has 10 heteroatoms. The first kappa shape index (κ1) is 29.0. The zero-order valence-electron chi connectivity index (χ0n) is 21.6. The van der Waals surface area contributed by atoms with Crippen molar-refractivity contribution in [3.8, 4) is 11.5 Å². The van der Waals surface area contributed by atoms with Crippen LogP contribution < -0.4 is 9.47 Å². The van der Waals surface area contributed by atoms with Crippen molar-refractivity contribution in [1.29, 1.82) is 0 Å². The van der Waals surface area contributed by atoms with Crippen LogP contribution in [0, 0.1) is 0 Å². The Bertz CT molecular complexity index is 1220. The standard InChI is InChI=1S/C28H31F3N2O4S/c1-4-13-33(27(35)21-7-5-8-22(17-21)28(29,30)31)19-26(34)32(18-23-9-6-15-38-23)14-12-20-10-11-24(36-2)25(16-20)37-3/h5-11,15-17H,4,12-14,18-19H2,1-3H3. The number of hydrogen-bond donors (Lipinski definition) is 0. The van der Waals surface area contributed by atoms with Gasteiger partial charge in [0.15, 0.2) is 11.5 Å². The van der Waals surface area contributed by atoms with Gasteiger partial charge >= 0.3 is 6.18 Å². The highest BCUT2D eigenvalue weighted by molar-refractivity contribution is 7.09. The third kappa shape index (κ3) is 7.74. The maximum atomic E-state index is 13.5.